The fourth-order valence-corrected chi connectivity index (χ4v) is 2.17. The van der Waals surface area contributed by atoms with Crippen molar-refractivity contribution in [1.29, 1.82) is 0 Å². The van der Waals surface area contributed by atoms with E-state index in [0.717, 1.165) is 5.75 Å². The Hall–Kier alpha value is -1.34. The van der Waals surface area contributed by atoms with Crippen LogP contribution in [0.2, 0.25) is 0 Å². The smallest absolute Gasteiger partial charge is 0.346 e. The molecule has 2 heterocycles. The molecule has 1 saturated heterocycles. The second-order valence-corrected chi connectivity index (χ2v) is 4.27. The molecule has 0 radical (unpaired) electrons. The molecule has 0 unspecified atom stereocenters. The van der Waals surface area contributed by atoms with Gasteiger partial charge in [-0.1, -0.05) is 0 Å². The number of carbonyl (C=O) groups is 1. The molecule has 0 aliphatic carbocycles. The number of thioether (sulfide) groups is 1. The fraction of sp³-hybridized carbons (Fsp3) is 0.444. The van der Waals surface area contributed by atoms with E-state index in [1.165, 1.54) is 11.5 Å². The molecule has 1 amide bonds. The standard InChI is InChI=1S/C9H11N3O3S/c1-6(13)10-7-2-3-12(9(14)11-7)8-4-16-5-15-8/h2-3,8H,4-5H2,1H3,(H,10,11,13,14)/t8-/m0/s1. The molecule has 1 aromatic heterocycles. The summed E-state index contributed by atoms with van der Waals surface area (Å²) in [5.41, 5.74) is -0.418. The number of hydrogen-bond acceptors (Lipinski definition) is 5. The highest BCUT2D eigenvalue weighted by atomic mass is 32.2. The van der Waals surface area contributed by atoms with Gasteiger partial charge in [-0.25, -0.2) is 4.79 Å². The maximum atomic E-state index is 11.6. The third-order valence-electron chi connectivity index (χ3n) is 2.05. The van der Waals surface area contributed by atoms with Crippen LogP contribution in [0.4, 0.5) is 5.82 Å². The molecule has 0 spiro atoms. The topological polar surface area (TPSA) is 73.2 Å². The Kier molecular flexibility index (Phi) is 3.25. The van der Waals surface area contributed by atoms with Gasteiger partial charge in [-0.2, -0.15) is 4.98 Å². The van der Waals surface area contributed by atoms with E-state index in [1.54, 1.807) is 24.0 Å². The first kappa shape index (κ1) is 11.2. The summed E-state index contributed by atoms with van der Waals surface area (Å²) in [6.07, 6.45) is 1.33. The van der Waals surface area contributed by atoms with Crippen LogP contribution in [-0.4, -0.2) is 27.2 Å². The molecule has 1 aliphatic rings. The molecule has 1 aliphatic heterocycles. The van der Waals surface area contributed by atoms with Crippen molar-refractivity contribution in [2.75, 3.05) is 17.0 Å². The number of amides is 1. The maximum Gasteiger partial charge on any atom is 0.351 e. The molecule has 86 valence electrons. The molecular formula is C9H11N3O3S. The van der Waals surface area contributed by atoms with E-state index in [2.05, 4.69) is 10.3 Å². The predicted molar refractivity (Wildman–Crippen MR) is 60.2 cm³/mol. The second kappa shape index (κ2) is 4.67. The fourth-order valence-electron chi connectivity index (χ4n) is 1.37. The van der Waals surface area contributed by atoms with Crippen LogP contribution in [0.1, 0.15) is 13.2 Å². The summed E-state index contributed by atoms with van der Waals surface area (Å²) in [4.78, 5) is 26.1. The summed E-state index contributed by atoms with van der Waals surface area (Å²) in [5, 5.41) is 2.45. The summed E-state index contributed by atoms with van der Waals surface area (Å²) < 4.78 is 6.76. The van der Waals surface area contributed by atoms with Gasteiger partial charge in [-0.05, 0) is 6.07 Å². The minimum atomic E-state index is -0.418. The lowest BCUT2D eigenvalue weighted by atomic mass is 10.5. The third-order valence-corrected chi connectivity index (χ3v) is 2.87. The number of anilines is 1. The number of hydrogen-bond donors (Lipinski definition) is 1. The Balaban J connectivity index is 2.22. The summed E-state index contributed by atoms with van der Waals surface area (Å²) in [7, 11) is 0. The number of carbonyl (C=O) groups excluding carboxylic acids is 1. The van der Waals surface area contributed by atoms with E-state index in [0.29, 0.717) is 5.94 Å². The van der Waals surface area contributed by atoms with Crippen LogP contribution in [0, 0.1) is 0 Å². The quantitative estimate of drug-likeness (QED) is 0.812. The lowest BCUT2D eigenvalue weighted by Crippen LogP contribution is -2.28. The van der Waals surface area contributed by atoms with Crippen molar-refractivity contribution in [3.05, 3.63) is 22.7 Å². The maximum absolute atomic E-state index is 11.6. The van der Waals surface area contributed by atoms with Crippen LogP contribution < -0.4 is 11.0 Å². The van der Waals surface area contributed by atoms with Crippen LogP contribution in [-0.2, 0) is 9.53 Å². The number of aromatic nitrogens is 2. The molecule has 0 bridgehead atoms. The average molecular weight is 241 g/mol. The second-order valence-electron chi connectivity index (χ2n) is 3.29. The Morgan fingerprint density at radius 2 is 2.56 bits per heavy atom. The van der Waals surface area contributed by atoms with Gasteiger partial charge in [0.05, 0.1) is 5.94 Å². The number of rotatable bonds is 2. The van der Waals surface area contributed by atoms with E-state index in [4.69, 9.17) is 4.74 Å². The molecule has 0 aromatic carbocycles. The van der Waals surface area contributed by atoms with Gasteiger partial charge in [0.2, 0.25) is 5.91 Å². The van der Waals surface area contributed by atoms with Crippen molar-refractivity contribution in [2.45, 2.75) is 13.2 Å². The largest absolute Gasteiger partial charge is 0.351 e. The van der Waals surface area contributed by atoms with Crippen molar-refractivity contribution in [2.24, 2.45) is 0 Å². The Morgan fingerprint density at radius 1 is 1.75 bits per heavy atom. The minimum Gasteiger partial charge on any atom is -0.346 e. The van der Waals surface area contributed by atoms with E-state index in [1.807, 2.05) is 0 Å². The Morgan fingerprint density at radius 3 is 3.12 bits per heavy atom. The molecule has 16 heavy (non-hydrogen) atoms. The first-order chi connectivity index (χ1) is 7.66. The van der Waals surface area contributed by atoms with Crippen molar-refractivity contribution < 1.29 is 9.53 Å². The van der Waals surface area contributed by atoms with Gasteiger partial charge < -0.3 is 10.1 Å². The van der Waals surface area contributed by atoms with Crippen LogP contribution in [0.25, 0.3) is 0 Å². The van der Waals surface area contributed by atoms with E-state index in [-0.39, 0.29) is 18.0 Å². The van der Waals surface area contributed by atoms with Crippen molar-refractivity contribution in [3.8, 4) is 0 Å². The monoisotopic (exact) mass is 241 g/mol. The number of nitrogens with zero attached hydrogens (tertiary/aromatic N) is 2. The van der Waals surface area contributed by atoms with Crippen LogP contribution in [0.5, 0.6) is 0 Å². The van der Waals surface area contributed by atoms with E-state index in [9.17, 15) is 9.59 Å². The molecule has 6 nitrogen and oxygen atoms in total. The lowest BCUT2D eigenvalue weighted by Gasteiger charge is -2.11. The van der Waals surface area contributed by atoms with Gasteiger partial charge in [0, 0.05) is 18.9 Å². The van der Waals surface area contributed by atoms with Gasteiger partial charge in [-0.15, -0.1) is 11.8 Å². The molecule has 1 aromatic rings. The van der Waals surface area contributed by atoms with Gasteiger partial charge in [-0.3, -0.25) is 9.36 Å². The summed E-state index contributed by atoms with van der Waals surface area (Å²) >= 11 is 1.62. The van der Waals surface area contributed by atoms with Crippen LogP contribution in [0.15, 0.2) is 17.1 Å². The molecule has 0 saturated carbocycles. The SMILES string of the molecule is CC(=O)Nc1ccn([C@@H]2CSCO2)c(=O)n1. The molecule has 2 rings (SSSR count). The molecule has 7 heteroatoms. The van der Waals surface area contributed by atoms with Crippen molar-refractivity contribution in [1.82, 2.24) is 9.55 Å². The molecule has 1 N–H and O–H groups in total. The minimum absolute atomic E-state index is 0.252. The zero-order valence-corrected chi connectivity index (χ0v) is 9.49. The van der Waals surface area contributed by atoms with Crippen molar-refractivity contribution >= 4 is 23.5 Å². The highest BCUT2D eigenvalue weighted by Crippen LogP contribution is 2.23. The number of nitrogens with one attached hydrogen (secondary N) is 1. The first-order valence-corrected chi connectivity index (χ1v) is 5.88. The Labute approximate surface area is 96.0 Å². The third kappa shape index (κ3) is 2.42. The van der Waals surface area contributed by atoms with E-state index < -0.39 is 5.69 Å². The highest BCUT2D eigenvalue weighted by molar-refractivity contribution is 7.99. The highest BCUT2D eigenvalue weighted by Gasteiger charge is 2.19. The summed E-state index contributed by atoms with van der Waals surface area (Å²) in [6.45, 7) is 1.37. The molecule has 1 fully saturated rings. The van der Waals surface area contributed by atoms with Gasteiger partial charge in [0.25, 0.3) is 0 Å². The average Bonchev–Trinajstić information content (AvgIpc) is 2.69. The lowest BCUT2D eigenvalue weighted by molar-refractivity contribution is -0.114. The van der Waals surface area contributed by atoms with E-state index >= 15 is 0 Å². The van der Waals surface area contributed by atoms with Crippen LogP contribution >= 0.6 is 11.8 Å². The molecular weight excluding hydrogens is 230 g/mol. The van der Waals surface area contributed by atoms with Gasteiger partial charge in [0.1, 0.15) is 12.0 Å². The van der Waals surface area contributed by atoms with Crippen molar-refractivity contribution in [3.63, 3.8) is 0 Å². The normalized spacial score (nSPS) is 19.7. The zero-order chi connectivity index (χ0) is 11.5. The summed E-state index contributed by atoms with van der Waals surface area (Å²) in [5.74, 6) is 1.34. The van der Waals surface area contributed by atoms with Gasteiger partial charge in [0.15, 0.2) is 0 Å². The van der Waals surface area contributed by atoms with Crippen LogP contribution in [0.3, 0.4) is 0 Å². The molecule has 1 atom stereocenters. The Bertz CT molecular complexity index is 454. The first-order valence-electron chi connectivity index (χ1n) is 4.73. The van der Waals surface area contributed by atoms with Gasteiger partial charge >= 0.3 is 5.69 Å². The number of ether oxygens (including phenoxy) is 1. The predicted octanol–water partition coefficient (Wildman–Crippen LogP) is 0.421. The summed E-state index contributed by atoms with van der Waals surface area (Å²) in [6, 6.07) is 1.58. The zero-order valence-electron chi connectivity index (χ0n) is 8.67.